The highest BCUT2D eigenvalue weighted by atomic mass is 19.2. The molecule has 0 radical (unpaired) electrons. The van der Waals surface area contributed by atoms with E-state index in [2.05, 4.69) is 5.32 Å². The number of nitrogens with one attached hydrogen (secondary N) is 1. The maximum atomic E-state index is 13.5. The first-order valence-corrected chi connectivity index (χ1v) is 6.45. The van der Waals surface area contributed by atoms with E-state index in [1.807, 2.05) is 6.92 Å². The number of benzene rings is 1. The van der Waals surface area contributed by atoms with Crippen LogP contribution >= 0.6 is 0 Å². The first-order valence-electron chi connectivity index (χ1n) is 6.45. The molecule has 0 bridgehead atoms. The average Bonchev–Trinajstić information content (AvgIpc) is 2.34. The Kier molecular flexibility index (Phi) is 3.85. The summed E-state index contributed by atoms with van der Waals surface area (Å²) in [4.78, 5) is 12.2. The molecule has 0 aliphatic heterocycles. The molecule has 1 aliphatic carbocycles. The number of hydrogen-bond donors (Lipinski definition) is 2. The van der Waals surface area contributed by atoms with Crippen molar-refractivity contribution in [2.75, 3.05) is 5.32 Å². The summed E-state index contributed by atoms with van der Waals surface area (Å²) < 4.78 is 26.6. The van der Waals surface area contributed by atoms with E-state index in [0.717, 1.165) is 25.3 Å². The minimum Gasteiger partial charge on any atom is -0.325 e. The molecule has 0 saturated heterocycles. The number of carbonyl (C=O) groups is 1. The lowest BCUT2D eigenvalue weighted by Gasteiger charge is -2.37. The van der Waals surface area contributed by atoms with Crippen LogP contribution in [0.25, 0.3) is 0 Å². The van der Waals surface area contributed by atoms with E-state index in [-0.39, 0.29) is 17.5 Å². The third kappa shape index (κ3) is 2.92. The van der Waals surface area contributed by atoms with Crippen LogP contribution in [-0.4, -0.2) is 11.4 Å². The van der Waals surface area contributed by atoms with Gasteiger partial charge in [-0.2, -0.15) is 0 Å². The van der Waals surface area contributed by atoms with Crippen LogP contribution in [-0.2, 0) is 4.79 Å². The van der Waals surface area contributed by atoms with Gasteiger partial charge in [0.1, 0.15) is 0 Å². The lowest BCUT2D eigenvalue weighted by atomic mass is 9.74. The minimum absolute atomic E-state index is 0.133. The number of rotatable bonds is 2. The predicted octanol–water partition coefficient (Wildman–Crippen LogP) is 2.81. The van der Waals surface area contributed by atoms with E-state index in [0.29, 0.717) is 6.42 Å². The molecule has 3 N–H and O–H groups in total. The van der Waals surface area contributed by atoms with Gasteiger partial charge in [0.05, 0.1) is 11.6 Å². The topological polar surface area (TPSA) is 55.1 Å². The number of carbonyl (C=O) groups excluding carboxylic acids is 1. The smallest absolute Gasteiger partial charge is 0.229 e. The zero-order chi connectivity index (χ0) is 14.0. The Morgan fingerprint density at radius 1 is 1.42 bits per heavy atom. The summed E-state index contributed by atoms with van der Waals surface area (Å²) in [7, 11) is 0. The lowest BCUT2D eigenvalue weighted by Crippen LogP contribution is -2.51. The van der Waals surface area contributed by atoms with Crippen LogP contribution in [0.5, 0.6) is 0 Å². The first kappa shape index (κ1) is 13.9. The molecule has 1 aromatic rings. The first-order chi connectivity index (χ1) is 8.92. The molecule has 2 atom stereocenters. The summed E-state index contributed by atoms with van der Waals surface area (Å²) in [5.41, 5.74) is 5.39. The van der Waals surface area contributed by atoms with Gasteiger partial charge in [-0.3, -0.25) is 4.79 Å². The van der Waals surface area contributed by atoms with Gasteiger partial charge in [0.2, 0.25) is 5.91 Å². The van der Waals surface area contributed by atoms with E-state index in [9.17, 15) is 13.6 Å². The van der Waals surface area contributed by atoms with Crippen molar-refractivity contribution in [2.24, 2.45) is 11.7 Å². The van der Waals surface area contributed by atoms with Gasteiger partial charge in [0.15, 0.2) is 11.6 Å². The number of nitrogens with two attached hydrogens (primary N) is 1. The zero-order valence-electron chi connectivity index (χ0n) is 10.9. The fourth-order valence-electron chi connectivity index (χ4n) is 2.61. The SMILES string of the molecule is CC1(N)CCCCC1C(=O)Nc1cccc(F)c1F. The van der Waals surface area contributed by atoms with E-state index in [4.69, 9.17) is 5.73 Å². The molecule has 3 nitrogen and oxygen atoms in total. The van der Waals surface area contributed by atoms with Gasteiger partial charge in [-0.05, 0) is 31.9 Å². The van der Waals surface area contributed by atoms with Crippen molar-refractivity contribution in [3.63, 3.8) is 0 Å². The highest BCUT2D eigenvalue weighted by molar-refractivity contribution is 5.93. The Bertz CT molecular complexity index is 488. The van der Waals surface area contributed by atoms with Gasteiger partial charge in [0.25, 0.3) is 0 Å². The molecule has 19 heavy (non-hydrogen) atoms. The van der Waals surface area contributed by atoms with Gasteiger partial charge in [-0.25, -0.2) is 8.78 Å². The van der Waals surface area contributed by atoms with Crippen LogP contribution in [0.4, 0.5) is 14.5 Å². The number of hydrogen-bond acceptors (Lipinski definition) is 2. The van der Waals surface area contributed by atoms with E-state index in [1.165, 1.54) is 12.1 Å². The Hall–Kier alpha value is -1.49. The number of anilines is 1. The third-order valence-electron chi connectivity index (χ3n) is 3.78. The van der Waals surface area contributed by atoms with Crippen LogP contribution in [0.2, 0.25) is 0 Å². The molecular formula is C14H18F2N2O. The molecule has 1 amide bonds. The third-order valence-corrected chi connectivity index (χ3v) is 3.78. The summed E-state index contributed by atoms with van der Waals surface area (Å²) in [6, 6.07) is 3.71. The summed E-state index contributed by atoms with van der Waals surface area (Å²) in [6.07, 6.45) is 3.36. The second kappa shape index (κ2) is 5.25. The number of amides is 1. The van der Waals surface area contributed by atoms with Crippen LogP contribution in [0, 0.1) is 17.6 Å². The monoisotopic (exact) mass is 268 g/mol. The van der Waals surface area contributed by atoms with E-state index >= 15 is 0 Å². The minimum atomic E-state index is -1.04. The van der Waals surface area contributed by atoms with Gasteiger partial charge < -0.3 is 11.1 Å². The zero-order valence-corrected chi connectivity index (χ0v) is 10.9. The Morgan fingerprint density at radius 3 is 2.84 bits per heavy atom. The second-order valence-corrected chi connectivity index (χ2v) is 5.39. The second-order valence-electron chi connectivity index (χ2n) is 5.39. The standard InChI is InChI=1S/C14H18F2N2O/c1-14(17)8-3-2-5-9(14)13(19)18-11-7-4-6-10(15)12(11)16/h4,6-7,9H,2-3,5,8,17H2,1H3,(H,18,19). The van der Waals surface area contributed by atoms with Gasteiger partial charge in [0, 0.05) is 5.54 Å². The van der Waals surface area contributed by atoms with Crippen LogP contribution in [0.3, 0.4) is 0 Å². The van der Waals surface area contributed by atoms with Crippen molar-refractivity contribution >= 4 is 11.6 Å². The quantitative estimate of drug-likeness (QED) is 0.866. The molecule has 1 aliphatic rings. The highest BCUT2D eigenvalue weighted by Gasteiger charge is 2.38. The van der Waals surface area contributed by atoms with Crippen molar-refractivity contribution in [2.45, 2.75) is 38.1 Å². The van der Waals surface area contributed by atoms with Crippen LogP contribution < -0.4 is 11.1 Å². The molecule has 2 rings (SSSR count). The lowest BCUT2D eigenvalue weighted by molar-refractivity contribution is -0.122. The number of halogens is 2. The van der Waals surface area contributed by atoms with Crippen molar-refractivity contribution in [1.82, 2.24) is 0 Å². The van der Waals surface area contributed by atoms with Gasteiger partial charge in [-0.1, -0.05) is 18.9 Å². The summed E-state index contributed by atoms with van der Waals surface area (Å²) in [5, 5.41) is 2.44. The maximum Gasteiger partial charge on any atom is 0.229 e. The maximum absolute atomic E-state index is 13.5. The largest absolute Gasteiger partial charge is 0.325 e. The molecule has 5 heteroatoms. The van der Waals surface area contributed by atoms with Gasteiger partial charge in [-0.15, -0.1) is 0 Å². The average molecular weight is 268 g/mol. The van der Waals surface area contributed by atoms with Crippen LogP contribution in [0.15, 0.2) is 18.2 Å². The fourth-order valence-corrected chi connectivity index (χ4v) is 2.61. The van der Waals surface area contributed by atoms with Crippen LogP contribution in [0.1, 0.15) is 32.6 Å². The molecule has 0 spiro atoms. The van der Waals surface area contributed by atoms with Crippen molar-refractivity contribution < 1.29 is 13.6 Å². The molecular weight excluding hydrogens is 250 g/mol. The normalized spacial score (nSPS) is 27.1. The predicted molar refractivity (Wildman–Crippen MR) is 69.5 cm³/mol. The molecule has 1 fully saturated rings. The summed E-state index contributed by atoms with van der Waals surface area (Å²) >= 11 is 0. The molecule has 104 valence electrons. The summed E-state index contributed by atoms with van der Waals surface area (Å²) in [5.74, 6) is -2.72. The molecule has 0 heterocycles. The van der Waals surface area contributed by atoms with Crippen molar-refractivity contribution in [3.8, 4) is 0 Å². The molecule has 1 aromatic carbocycles. The van der Waals surface area contributed by atoms with E-state index in [1.54, 1.807) is 0 Å². The van der Waals surface area contributed by atoms with Gasteiger partial charge >= 0.3 is 0 Å². The molecule has 2 unspecified atom stereocenters. The molecule has 1 saturated carbocycles. The Labute approximate surface area is 111 Å². The fraction of sp³-hybridized carbons (Fsp3) is 0.500. The van der Waals surface area contributed by atoms with E-state index < -0.39 is 17.2 Å². The Morgan fingerprint density at radius 2 is 2.16 bits per heavy atom. The van der Waals surface area contributed by atoms with Crippen molar-refractivity contribution in [3.05, 3.63) is 29.8 Å². The molecule has 0 aromatic heterocycles. The van der Waals surface area contributed by atoms with Crippen molar-refractivity contribution in [1.29, 1.82) is 0 Å². The summed E-state index contributed by atoms with van der Waals surface area (Å²) in [6.45, 7) is 1.83. The highest BCUT2D eigenvalue weighted by Crippen LogP contribution is 2.32. The Balaban J connectivity index is 2.14.